The summed E-state index contributed by atoms with van der Waals surface area (Å²) in [6.45, 7) is 0. The highest BCUT2D eigenvalue weighted by molar-refractivity contribution is 8.16. The molecule has 1 rings (SSSR count). The Morgan fingerprint density at radius 1 is 1.64 bits per heavy atom. The Kier molecular flexibility index (Phi) is 2.74. The minimum absolute atomic E-state index is 0.363. The maximum absolute atomic E-state index is 10.1. The van der Waals surface area contributed by atoms with Crippen molar-refractivity contribution in [3.63, 3.8) is 0 Å². The number of hydrogen-bond donors (Lipinski definition) is 2. The Morgan fingerprint density at radius 3 is 3.18 bits per heavy atom. The van der Waals surface area contributed by atoms with Gasteiger partial charge in [-0.3, -0.25) is 5.32 Å². The number of nitrogens with one attached hydrogen (secondary N) is 1. The van der Waals surface area contributed by atoms with Crippen molar-refractivity contribution in [3.05, 3.63) is 23.8 Å². The summed E-state index contributed by atoms with van der Waals surface area (Å²) in [4.78, 5) is 13.9. The third-order valence-electron chi connectivity index (χ3n) is 0.861. The second-order valence-corrected chi connectivity index (χ2v) is 2.55. The minimum atomic E-state index is -1.10. The topological polar surface area (TPSA) is 61.7 Å². The van der Waals surface area contributed by atoms with E-state index in [0.717, 1.165) is 0 Å². The molecule has 0 fully saturated rings. The maximum Gasteiger partial charge on any atom is 0.410 e. The van der Waals surface area contributed by atoms with E-state index in [1.54, 1.807) is 17.6 Å². The molecular formula is C6H6N2O2S. The van der Waals surface area contributed by atoms with Gasteiger partial charge in [-0.1, -0.05) is 17.8 Å². The monoisotopic (exact) mass is 170 g/mol. The van der Waals surface area contributed by atoms with E-state index in [0.29, 0.717) is 5.17 Å². The highest BCUT2D eigenvalue weighted by atomic mass is 32.2. The van der Waals surface area contributed by atoms with E-state index in [1.165, 1.54) is 18.0 Å². The molecule has 0 bridgehead atoms. The van der Waals surface area contributed by atoms with Crippen LogP contribution in [0.5, 0.6) is 0 Å². The summed E-state index contributed by atoms with van der Waals surface area (Å²) in [5.41, 5.74) is 0. The molecule has 0 saturated carbocycles. The summed E-state index contributed by atoms with van der Waals surface area (Å²) in [6, 6.07) is 0. The lowest BCUT2D eigenvalue weighted by molar-refractivity contribution is 0.200. The zero-order chi connectivity index (χ0) is 8.10. The number of thioether (sulfide) groups is 1. The van der Waals surface area contributed by atoms with E-state index in [4.69, 9.17) is 5.11 Å². The first-order valence-electron chi connectivity index (χ1n) is 2.85. The van der Waals surface area contributed by atoms with Gasteiger partial charge in [0.2, 0.25) is 0 Å². The number of allylic oxidation sites excluding steroid dienone is 2. The average molecular weight is 170 g/mol. The largest absolute Gasteiger partial charge is 0.465 e. The van der Waals surface area contributed by atoms with Crippen LogP contribution in [-0.4, -0.2) is 16.4 Å². The summed E-state index contributed by atoms with van der Waals surface area (Å²) in [5, 5.41) is 12.6. The van der Waals surface area contributed by atoms with Crippen molar-refractivity contribution < 1.29 is 9.90 Å². The van der Waals surface area contributed by atoms with Gasteiger partial charge in [0, 0.05) is 6.20 Å². The van der Waals surface area contributed by atoms with Crippen LogP contribution in [0.15, 0.2) is 28.8 Å². The van der Waals surface area contributed by atoms with E-state index < -0.39 is 6.09 Å². The molecule has 0 saturated heterocycles. The van der Waals surface area contributed by atoms with Crippen LogP contribution in [0, 0.1) is 0 Å². The molecule has 0 aromatic rings. The second-order valence-electron chi connectivity index (χ2n) is 1.65. The fourth-order valence-electron chi connectivity index (χ4n) is 0.493. The number of carbonyl (C=O) groups is 1. The first-order valence-corrected chi connectivity index (χ1v) is 3.73. The predicted molar refractivity (Wildman–Crippen MR) is 44.5 cm³/mol. The molecule has 2 N–H and O–H groups in total. The van der Waals surface area contributed by atoms with E-state index in [1.807, 2.05) is 0 Å². The van der Waals surface area contributed by atoms with Crippen LogP contribution >= 0.6 is 11.8 Å². The van der Waals surface area contributed by atoms with Crippen LogP contribution in [0.4, 0.5) is 4.79 Å². The van der Waals surface area contributed by atoms with Crippen molar-refractivity contribution in [1.29, 1.82) is 0 Å². The number of nitrogens with zero attached hydrogens (tertiary/aromatic N) is 1. The van der Waals surface area contributed by atoms with Crippen molar-refractivity contribution in [1.82, 2.24) is 5.32 Å². The molecule has 58 valence electrons. The number of hydrogen-bond acceptors (Lipinski definition) is 3. The van der Waals surface area contributed by atoms with Gasteiger partial charge in [-0.15, -0.1) is 0 Å². The van der Waals surface area contributed by atoms with Crippen LogP contribution in [0.1, 0.15) is 0 Å². The number of amides is 1. The van der Waals surface area contributed by atoms with Crippen molar-refractivity contribution >= 4 is 23.0 Å². The maximum atomic E-state index is 10.1. The molecule has 1 aliphatic heterocycles. The molecule has 1 amide bonds. The third kappa shape index (κ3) is 2.90. The van der Waals surface area contributed by atoms with Gasteiger partial charge in [0.05, 0.1) is 0 Å². The van der Waals surface area contributed by atoms with Crippen molar-refractivity contribution in [2.24, 2.45) is 4.99 Å². The van der Waals surface area contributed by atoms with Crippen LogP contribution in [0.25, 0.3) is 0 Å². The molecule has 0 aromatic heterocycles. The zero-order valence-corrected chi connectivity index (χ0v) is 6.34. The molecule has 1 aliphatic rings. The predicted octanol–water partition coefficient (Wildman–Crippen LogP) is 1.38. The lowest BCUT2D eigenvalue weighted by atomic mass is 10.6. The van der Waals surface area contributed by atoms with Gasteiger partial charge in [-0.2, -0.15) is 0 Å². The molecule has 1 heterocycles. The molecule has 0 spiro atoms. The first kappa shape index (κ1) is 7.87. The lowest BCUT2D eigenvalue weighted by Gasteiger charge is -1.97. The van der Waals surface area contributed by atoms with Crippen molar-refractivity contribution in [2.45, 2.75) is 0 Å². The Morgan fingerprint density at radius 2 is 2.45 bits per heavy atom. The molecule has 4 nitrogen and oxygen atoms in total. The molecule has 0 radical (unpaired) electrons. The van der Waals surface area contributed by atoms with Gasteiger partial charge in [0.1, 0.15) is 0 Å². The van der Waals surface area contributed by atoms with Gasteiger partial charge >= 0.3 is 6.09 Å². The molecule has 0 unspecified atom stereocenters. The van der Waals surface area contributed by atoms with Crippen LogP contribution < -0.4 is 5.32 Å². The van der Waals surface area contributed by atoms with Crippen LogP contribution in [0.3, 0.4) is 0 Å². The highest BCUT2D eigenvalue weighted by Gasteiger charge is 2.01. The SMILES string of the molecule is O=C(O)NC1=NC=CC=CS1. The van der Waals surface area contributed by atoms with Crippen molar-refractivity contribution in [2.75, 3.05) is 0 Å². The fraction of sp³-hybridized carbons (Fsp3) is 0. The summed E-state index contributed by atoms with van der Waals surface area (Å²) < 4.78 is 0. The van der Waals surface area contributed by atoms with E-state index >= 15 is 0 Å². The van der Waals surface area contributed by atoms with E-state index in [-0.39, 0.29) is 0 Å². The quantitative estimate of drug-likeness (QED) is 0.577. The van der Waals surface area contributed by atoms with Gasteiger partial charge in [-0.25, -0.2) is 9.79 Å². The molecule has 0 aliphatic carbocycles. The average Bonchev–Trinajstić information content (AvgIpc) is 2.14. The summed E-state index contributed by atoms with van der Waals surface area (Å²) in [7, 11) is 0. The summed E-state index contributed by atoms with van der Waals surface area (Å²) >= 11 is 1.23. The Hall–Kier alpha value is -1.23. The third-order valence-corrected chi connectivity index (χ3v) is 1.59. The first-order chi connectivity index (χ1) is 5.29. The lowest BCUT2D eigenvalue weighted by Crippen LogP contribution is -2.25. The van der Waals surface area contributed by atoms with E-state index in [9.17, 15) is 4.79 Å². The second kappa shape index (κ2) is 3.82. The summed E-state index contributed by atoms with van der Waals surface area (Å²) in [5.74, 6) is 0. The zero-order valence-electron chi connectivity index (χ0n) is 5.52. The van der Waals surface area contributed by atoms with Gasteiger partial charge in [0.25, 0.3) is 0 Å². The molecule has 0 aromatic carbocycles. The molecular weight excluding hydrogens is 164 g/mol. The standard InChI is InChI=1S/C6H6N2O2S/c9-6(10)8-5-7-3-1-2-4-11-5/h1-4H,(H,7,8)(H,9,10). The number of amidine groups is 1. The highest BCUT2D eigenvalue weighted by Crippen LogP contribution is 2.07. The molecule has 5 heteroatoms. The van der Waals surface area contributed by atoms with E-state index in [2.05, 4.69) is 10.3 Å². The minimum Gasteiger partial charge on any atom is -0.465 e. The summed E-state index contributed by atoms with van der Waals surface area (Å²) in [6.07, 6.45) is 3.94. The normalized spacial score (nSPS) is 15.5. The Labute approximate surface area is 67.7 Å². The number of aliphatic imine (C=N–C) groups is 1. The molecule has 11 heavy (non-hydrogen) atoms. The molecule has 0 atom stereocenters. The van der Waals surface area contributed by atoms with Gasteiger partial charge in [0.15, 0.2) is 5.17 Å². The smallest absolute Gasteiger partial charge is 0.410 e. The Balaban J connectivity index is 2.57. The van der Waals surface area contributed by atoms with Crippen molar-refractivity contribution in [3.8, 4) is 0 Å². The number of rotatable bonds is 0. The Bertz CT molecular complexity index is 245. The van der Waals surface area contributed by atoms with Crippen LogP contribution in [0.2, 0.25) is 0 Å². The van der Waals surface area contributed by atoms with Gasteiger partial charge in [-0.05, 0) is 11.5 Å². The number of carboxylic acid groups (broad SMARTS) is 1. The fourth-order valence-corrected chi connectivity index (χ4v) is 1.06. The van der Waals surface area contributed by atoms with Crippen LogP contribution in [-0.2, 0) is 0 Å². The van der Waals surface area contributed by atoms with Gasteiger partial charge < -0.3 is 5.11 Å².